The van der Waals surface area contributed by atoms with Gasteiger partial charge in [0.15, 0.2) is 6.10 Å². The average molecular weight is 495 g/mol. The number of rotatable bonds is 6. The standard InChI is InChI=1S/C26H26N2O6S/c1-4-33-26(30)20-7-5-6-8-21(20)27-25(29)24-16-28(22-14-11-18(3)15-23(22)34-24)35(31,32)19-12-9-17(2)10-13-19/h5-15,24H,4,16H2,1-3H3,(H,27,29)/t24-/m1/s1. The van der Waals surface area contributed by atoms with Gasteiger partial charge in [-0.05, 0) is 62.7 Å². The highest BCUT2D eigenvalue weighted by Crippen LogP contribution is 2.38. The summed E-state index contributed by atoms with van der Waals surface area (Å²) in [4.78, 5) is 25.6. The number of benzene rings is 3. The Morgan fingerprint density at radius 2 is 1.71 bits per heavy atom. The zero-order chi connectivity index (χ0) is 25.2. The maximum absolute atomic E-state index is 13.6. The molecule has 1 amide bonds. The van der Waals surface area contributed by atoms with Gasteiger partial charge in [-0.25, -0.2) is 13.2 Å². The Hall–Kier alpha value is -3.85. The topological polar surface area (TPSA) is 102 Å². The molecule has 0 fully saturated rings. The molecule has 9 heteroatoms. The molecule has 8 nitrogen and oxygen atoms in total. The van der Waals surface area contributed by atoms with E-state index in [2.05, 4.69) is 5.32 Å². The van der Waals surface area contributed by atoms with Crippen molar-refractivity contribution in [2.45, 2.75) is 31.8 Å². The third-order valence-electron chi connectivity index (χ3n) is 5.57. The van der Waals surface area contributed by atoms with Crippen LogP contribution in [0.5, 0.6) is 5.75 Å². The van der Waals surface area contributed by atoms with Crippen LogP contribution in [0, 0.1) is 13.8 Å². The van der Waals surface area contributed by atoms with Crippen LogP contribution in [0.4, 0.5) is 11.4 Å². The predicted octanol–water partition coefficient (Wildman–Crippen LogP) is 4.08. The van der Waals surface area contributed by atoms with Crippen LogP contribution in [0.25, 0.3) is 0 Å². The number of fused-ring (bicyclic) bond motifs is 1. The Kier molecular flexibility index (Phi) is 6.79. The molecule has 3 aromatic carbocycles. The fourth-order valence-electron chi connectivity index (χ4n) is 3.75. The summed E-state index contributed by atoms with van der Waals surface area (Å²) in [5.74, 6) is -0.874. The van der Waals surface area contributed by atoms with Crippen LogP contribution in [0.3, 0.4) is 0 Å². The lowest BCUT2D eigenvalue weighted by molar-refractivity contribution is -0.122. The van der Waals surface area contributed by atoms with Crippen LogP contribution in [-0.4, -0.2) is 39.5 Å². The van der Waals surface area contributed by atoms with E-state index in [9.17, 15) is 18.0 Å². The van der Waals surface area contributed by atoms with Gasteiger partial charge in [-0.15, -0.1) is 0 Å². The molecule has 0 aliphatic carbocycles. The van der Waals surface area contributed by atoms with Crippen LogP contribution in [-0.2, 0) is 19.6 Å². The van der Waals surface area contributed by atoms with E-state index < -0.39 is 28.0 Å². The lowest BCUT2D eigenvalue weighted by Crippen LogP contribution is -2.49. The number of amides is 1. The Balaban J connectivity index is 1.67. The zero-order valence-corrected chi connectivity index (χ0v) is 20.5. The van der Waals surface area contributed by atoms with Crippen molar-refractivity contribution >= 4 is 33.3 Å². The van der Waals surface area contributed by atoms with Gasteiger partial charge in [-0.2, -0.15) is 0 Å². The number of carbonyl (C=O) groups excluding carboxylic acids is 2. The van der Waals surface area contributed by atoms with Crippen LogP contribution in [0.1, 0.15) is 28.4 Å². The lowest BCUT2D eigenvalue weighted by atomic mass is 10.1. The molecular weight excluding hydrogens is 468 g/mol. The molecular formula is C26H26N2O6S. The highest BCUT2D eigenvalue weighted by Gasteiger charge is 2.38. The highest BCUT2D eigenvalue weighted by molar-refractivity contribution is 7.92. The number of hydrogen-bond acceptors (Lipinski definition) is 6. The summed E-state index contributed by atoms with van der Waals surface area (Å²) in [5.41, 5.74) is 2.58. The number of anilines is 2. The maximum atomic E-state index is 13.6. The van der Waals surface area contributed by atoms with Gasteiger partial charge in [0.1, 0.15) is 5.75 Å². The molecule has 0 aromatic heterocycles. The summed E-state index contributed by atoms with van der Waals surface area (Å²) in [6.45, 7) is 5.37. The molecule has 1 heterocycles. The summed E-state index contributed by atoms with van der Waals surface area (Å²) in [7, 11) is -3.97. The first-order chi connectivity index (χ1) is 16.7. The van der Waals surface area contributed by atoms with Crippen LogP contribution >= 0.6 is 0 Å². The van der Waals surface area contributed by atoms with Crippen LogP contribution in [0.15, 0.2) is 71.6 Å². The minimum Gasteiger partial charge on any atom is -0.476 e. The predicted molar refractivity (Wildman–Crippen MR) is 132 cm³/mol. The fourth-order valence-corrected chi connectivity index (χ4v) is 5.23. The van der Waals surface area contributed by atoms with Crippen molar-refractivity contribution in [3.05, 3.63) is 83.4 Å². The van der Waals surface area contributed by atoms with Crippen molar-refractivity contribution < 1.29 is 27.5 Å². The van der Waals surface area contributed by atoms with E-state index in [1.807, 2.05) is 13.8 Å². The molecule has 1 N–H and O–H groups in total. The Labute approximate surface area is 204 Å². The second kappa shape index (κ2) is 9.79. The molecule has 0 bridgehead atoms. The minimum atomic E-state index is -3.97. The average Bonchev–Trinajstić information content (AvgIpc) is 2.83. The minimum absolute atomic E-state index is 0.114. The monoisotopic (exact) mass is 494 g/mol. The van der Waals surface area contributed by atoms with Crippen molar-refractivity contribution in [1.82, 2.24) is 0 Å². The van der Waals surface area contributed by atoms with Crippen LogP contribution < -0.4 is 14.4 Å². The number of sulfonamides is 1. The van der Waals surface area contributed by atoms with Gasteiger partial charge in [0.05, 0.1) is 35.0 Å². The van der Waals surface area contributed by atoms with E-state index >= 15 is 0 Å². The summed E-state index contributed by atoms with van der Waals surface area (Å²) >= 11 is 0. The van der Waals surface area contributed by atoms with Crippen molar-refractivity contribution in [2.75, 3.05) is 22.8 Å². The molecule has 35 heavy (non-hydrogen) atoms. The summed E-state index contributed by atoms with van der Waals surface area (Å²) < 4.78 is 39.3. The first kappa shape index (κ1) is 24.3. The first-order valence-corrected chi connectivity index (χ1v) is 12.6. The second-order valence-electron chi connectivity index (χ2n) is 8.18. The number of hydrogen-bond donors (Lipinski definition) is 1. The van der Waals surface area contributed by atoms with Crippen molar-refractivity contribution in [3.8, 4) is 5.75 Å². The fraction of sp³-hybridized carbons (Fsp3) is 0.231. The molecule has 1 aliphatic rings. The quantitative estimate of drug-likeness (QED) is 0.518. The van der Waals surface area contributed by atoms with Gasteiger partial charge in [-0.3, -0.25) is 9.10 Å². The van der Waals surface area contributed by atoms with Gasteiger partial charge in [-0.1, -0.05) is 35.9 Å². The lowest BCUT2D eigenvalue weighted by Gasteiger charge is -2.35. The first-order valence-electron chi connectivity index (χ1n) is 11.1. The van der Waals surface area contributed by atoms with Crippen LogP contribution in [0.2, 0.25) is 0 Å². The molecule has 0 saturated carbocycles. The van der Waals surface area contributed by atoms with Gasteiger partial charge in [0.25, 0.3) is 15.9 Å². The molecule has 182 valence electrons. The Bertz CT molecular complexity index is 1370. The number of esters is 1. The second-order valence-corrected chi connectivity index (χ2v) is 10.0. The van der Waals surface area contributed by atoms with E-state index in [4.69, 9.17) is 9.47 Å². The largest absolute Gasteiger partial charge is 0.476 e. The van der Waals surface area contributed by atoms with Gasteiger partial charge >= 0.3 is 5.97 Å². The summed E-state index contributed by atoms with van der Waals surface area (Å²) in [6, 6.07) is 18.1. The summed E-state index contributed by atoms with van der Waals surface area (Å²) in [5, 5.41) is 2.70. The number of para-hydroxylation sites is 1. The van der Waals surface area contributed by atoms with E-state index in [1.54, 1.807) is 73.7 Å². The number of carbonyl (C=O) groups is 2. The molecule has 0 unspecified atom stereocenters. The molecule has 3 aromatic rings. The van der Waals surface area contributed by atoms with E-state index in [-0.39, 0.29) is 35.0 Å². The molecule has 0 spiro atoms. The molecule has 0 radical (unpaired) electrons. The number of aryl methyl sites for hydroxylation is 2. The Morgan fingerprint density at radius 1 is 1.03 bits per heavy atom. The summed E-state index contributed by atoms with van der Waals surface area (Å²) in [6.07, 6.45) is -1.15. The molecule has 0 saturated heterocycles. The molecule has 1 aliphatic heterocycles. The highest BCUT2D eigenvalue weighted by atomic mass is 32.2. The number of nitrogens with zero attached hydrogens (tertiary/aromatic N) is 1. The third kappa shape index (κ3) is 5.00. The normalized spacial score (nSPS) is 15.1. The van der Waals surface area contributed by atoms with Crippen molar-refractivity contribution in [2.24, 2.45) is 0 Å². The smallest absolute Gasteiger partial charge is 0.340 e. The van der Waals surface area contributed by atoms with E-state index in [0.717, 1.165) is 11.1 Å². The zero-order valence-electron chi connectivity index (χ0n) is 19.6. The maximum Gasteiger partial charge on any atom is 0.340 e. The number of ether oxygens (including phenoxy) is 2. The van der Waals surface area contributed by atoms with Crippen molar-refractivity contribution in [3.63, 3.8) is 0 Å². The SMILES string of the molecule is CCOC(=O)c1ccccc1NC(=O)[C@H]1CN(S(=O)(=O)c2ccc(C)cc2)c2ccc(C)cc2O1. The van der Waals surface area contributed by atoms with Gasteiger partial charge < -0.3 is 14.8 Å². The molecule has 1 atom stereocenters. The molecule has 4 rings (SSSR count). The number of nitrogens with one attached hydrogen (secondary N) is 1. The third-order valence-corrected chi connectivity index (χ3v) is 7.36. The Morgan fingerprint density at radius 3 is 2.43 bits per heavy atom. The van der Waals surface area contributed by atoms with Gasteiger partial charge in [0.2, 0.25) is 0 Å². The van der Waals surface area contributed by atoms with Gasteiger partial charge in [0, 0.05) is 0 Å². The van der Waals surface area contributed by atoms with Crippen molar-refractivity contribution in [1.29, 1.82) is 0 Å². The van der Waals surface area contributed by atoms with E-state index in [0.29, 0.717) is 5.69 Å². The van der Waals surface area contributed by atoms with E-state index in [1.165, 1.54) is 4.31 Å².